The van der Waals surface area contributed by atoms with Gasteiger partial charge in [-0.15, -0.1) is 21.5 Å². The zero-order valence-electron chi connectivity index (χ0n) is 14.8. The third kappa shape index (κ3) is 3.30. The number of aromatic nitrogens is 3. The van der Waals surface area contributed by atoms with Crippen molar-refractivity contribution < 1.29 is 9.47 Å². The Balaban J connectivity index is 1.51. The first kappa shape index (κ1) is 17.7. The lowest BCUT2D eigenvalue weighted by molar-refractivity contribution is 0.174. The van der Waals surface area contributed by atoms with Crippen LogP contribution in [0.4, 0.5) is 0 Å². The monoisotopic (exact) mass is 427 g/mol. The zero-order chi connectivity index (χ0) is 19.1. The zero-order valence-corrected chi connectivity index (χ0v) is 17.2. The molecule has 28 heavy (non-hydrogen) atoms. The van der Waals surface area contributed by atoms with Crippen LogP contribution in [-0.4, -0.2) is 22.0 Å². The Morgan fingerprint density at radius 2 is 1.89 bits per heavy atom. The minimum atomic E-state index is 0.250. The van der Waals surface area contributed by atoms with Crippen LogP contribution in [0.15, 0.2) is 47.5 Å². The van der Waals surface area contributed by atoms with Crippen LogP contribution in [0, 0.1) is 6.92 Å². The molecule has 0 saturated carbocycles. The summed E-state index contributed by atoms with van der Waals surface area (Å²) in [6, 6.07) is 13.7. The molecule has 0 amide bonds. The van der Waals surface area contributed by atoms with Crippen molar-refractivity contribution in [3.05, 3.63) is 58.1 Å². The van der Waals surface area contributed by atoms with E-state index >= 15 is 0 Å². The van der Waals surface area contributed by atoms with Crippen LogP contribution in [0.1, 0.15) is 10.6 Å². The Hall–Kier alpha value is -2.35. The number of thioether (sulfide) groups is 1. The molecular weight excluding hydrogens is 414 g/mol. The van der Waals surface area contributed by atoms with E-state index in [2.05, 4.69) is 10.2 Å². The van der Waals surface area contributed by atoms with Gasteiger partial charge in [-0.05, 0) is 42.8 Å². The number of fused-ring (bicyclic) bond motifs is 2. The maximum absolute atomic E-state index is 5.97. The Morgan fingerprint density at radius 1 is 1.07 bits per heavy atom. The molecule has 5 rings (SSSR count). The highest BCUT2D eigenvalue weighted by molar-refractivity contribution is 7.98. The molecule has 0 spiro atoms. The fraction of sp³-hybridized carbons (Fsp3) is 0.150. The van der Waals surface area contributed by atoms with E-state index in [1.165, 1.54) is 5.56 Å². The lowest BCUT2D eigenvalue weighted by Crippen LogP contribution is -1.93. The summed E-state index contributed by atoms with van der Waals surface area (Å²) in [6.07, 6.45) is 0. The van der Waals surface area contributed by atoms with E-state index in [4.69, 9.17) is 26.1 Å². The summed E-state index contributed by atoms with van der Waals surface area (Å²) in [7, 11) is 0. The summed E-state index contributed by atoms with van der Waals surface area (Å²) in [4.78, 5) is 4.72. The highest BCUT2D eigenvalue weighted by atomic mass is 35.5. The fourth-order valence-corrected chi connectivity index (χ4v) is 4.98. The number of hydrogen-bond acceptors (Lipinski definition) is 7. The predicted octanol–water partition coefficient (Wildman–Crippen LogP) is 5.74. The van der Waals surface area contributed by atoms with Gasteiger partial charge in [0.25, 0.3) is 0 Å². The molecule has 1 aliphatic heterocycles. The SMILES string of the molecule is Cc1nc2c(SCc3ccc(Cl)cc3)nnc(-c3ccc4c(c3)OCO4)c2s1. The van der Waals surface area contributed by atoms with Crippen molar-refractivity contribution in [2.45, 2.75) is 17.7 Å². The Morgan fingerprint density at radius 3 is 2.75 bits per heavy atom. The van der Waals surface area contributed by atoms with Crippen molar-refractivity contribution in [3.63, 3.8) is 0 Å². The number of ether oxygens (including phenoxy) is 2. The van der Waals surface area contributed by atoms with Gasteiger partial charge in [0.2, 0.25) is 6.79 Å². The van der Waals surface area contributed by atoms with E-state index in [0.717, 1.165) is 53.8 Å². The minimum Gasteiger partial charge on any atom is -0.454 e. The van der Waals surface area contributed by atoms with Crippen molar-refractivity contribution in [1.29, 1.82) is 0 Å². The molecular formula is C20H14ClN3O2S2. The van der Waals surface area contributed by atoms with Crippen LogP contribution in [0.5, 0.6) is 11.5 Å². The summed E-state index contributed by atoms with van der Waals surface area (Å²) < 4.78 is 11.9. The summed E-state index contributed by atoms with van der Waals surface area (Å²) in [6.45, 7) is 2.25. The number of halogens is 1. The maximum Gasteiger partial charge on any atom is 0.231 e. The molecule has 2 aromatic carbocycles. The lowest BCUT2D eigenvalue weighted by atomic mass is 10.1. The van der Waals surface area contributed by atoms with Crippen LogP contribution < -0.4 is 9.47 Å². The van der Waals surface area contributed by atoms with Crippen molar-refractivity contribution >= 4 is 44.9 Å². The first-order chi connectivity index (χ1) is 13.7. The van der Waals surface area contributed by atoms with Gasteiger partial charge in [0.05, 0.1) is 9.71 Å². The number of aryl methyl sites for hydroxylation is 1. The second-order valence-corrected chi connectivity index (χ2v) is 8.85. The van der Waals surface area contributed by atoms with Gasteiger partial charge in [-0.25, -0.2) is 4.98 Å². The van der Waals surface area contributed by atoms with E-state index < -0.39 is 0 Å². The molecule has 0 bridgehead atoms. The molecule has 0 atom stereocenters. The van der Waals surface area contributed by atoms with E-state index in [-0.39, 0.29) is 6.79 Å². The number of thiazole rings is 1. The van der Waals surface area contributed by atoms with Gasteiger partial charge >= 0.3 is 0 Å². The van der Waals surface area contributed by atoms with Gasteiger partial charge in [-0.2, -0.15) is 0 Å². The van der Waals surface area contributed by atoms with Gasteiger partial charge in [0, 0.05) is 16.3 Å². The maximum atomic E-state index is 5.97. The summed E-state index contributed by atoms with van der Waals surface area (Å²) in [5, 5.41) is 11.6. The van der Waals surface area contributed by atoms with Crippen LogP contribution in [0.2, 0.25) is 5.02 Å². The second kappa shape index (κ2) is 7.24. The first-order valence-corrected chi connectivity index (χ1v) is 10.8. The van der Waals surface area contributed by atoms with Gasteiger partial charge < -0.3 is 9.47 Å². The quantitative estimate of drug-likeness (QED) is 0.387. The lowest BCUT2D eigenvalue weighted by Gasteiger charge is -2.06. The Bertz CT molecular complexity index is 1180. The molecule has 5 nitrogen and oxygen atoms in total. The Kier molecular flexibility index (Phi) is 4.58. The number of benzene rings is 2. The molecule has 8 heteroatoms. The van der Waals surface area contributed by atoms with Crippen molar-refractivity contribution in [3.8, 4) is 22.8 Å². The normalized spacial score (nSPS) is 12.6. The molecule has 0 fully saturated rings. The predicted molar refractivity (Wildman–Crippen MR) is 113 cm³/mol. The van der Waals surface area contributed by atoms with Crippen molar-refractivity contribution in [1.82, 2.24) is 15.2 Å². The molecule has 0 saturated heterocycles. The van der Waals surface area contributed by atoms with E-state index in [9.17, 15) is 0 Å². The summed E-state index contributed by atoms with van der Waals surface area (Å²) in [5.41, 5.74) is 3.83. The van der Waals surface area contributed by atoms with E-state index in [1.807, 2.05) is 49.4 Å². The van der Waals surface area contributed by atoms with Gasteiger partial charge in [0.15, 0.2) is 11.5 Å². The van der Waals surface area contributed by atoms with Crippen LogP contribution in [-0.2, 0) is 5.75 Å². The van der Waals surface area contributed by atoms with Gasteiger partial charge in [-0.1, -0.05) is 35.5 Å². The third-order valence-corrected chi connectivity index (χ3v) is 6.58. The minimum absolute atomic E-state index is 0.250. The van der Waals surface area contributed by atoms with E-state index in [0.29, 0.717) is 0 Å². The van der Waals surface area contributed by atoms with Crippen LogP contribution >= 0.6 is 34.7 Å². The molecule has 4 aromatic rings. The van der Waals surface area contributed by atoms with Gasteiger partial charge in [-0.3, -0.25) is 0 Å². The van der Waals surface area contributed by atoms with Crippen LogP contribution in [0.25, 0.3) is 21.5 Å². The highest BCUT2D eigenvalue weighted by Crippen LogP contribution is 2.40. The Labute approximate surface area is 174 Å². The first-order valence-electron chi connectivity index (χ1n) is 8.58. The average molecular weight is 428 g/mol. The molecule has 0 aliphatic carbocycles. The van der Waals surface area contributed by atoms with Gasteiger partial charge in [0.1, 0.15) is 16.2 Å². The molecule has 2 aromatic heterocycles. The van der Waals surface area contributed by atoms with Crippen LogP contribution in [0.3, 0.4) is 0 Å². The smallest absolute Gasteiger partial charge is 0.231 e. The van der Waals surface area contributed by atoms with E-state index in [1.54, 1.807) is 23.1 Å². The fourth-order valence-electron chi connectivity index (χ4n) is 2.98. The standard InChI is InChI=1S/C20H14ClN3O2S2/c1-11-22-18-19(28-11)17(13-4-7-15-16(8-13)26-10-25-15)23-24-20(18)27-9-12-2-5-14(21)6-3-12/h2-8H,9-10H2,1H3. The highest BCUT2D eigenvalue weighted by Gasteiger charge is 2.19. The molecule has 0 radical (unpaired) electrons. The topological polar surface area (TPSA) is 57.1 Å². The van der Waals surface area contributed by atoms with Crippen molar-refractivity contribution in [2.24, 2.45) is 0 Å². The second-order valence-electron chi connectivity index (χ2n) is 6.25. The molecule has 140 valence electrons. The third-order valence-electron chi connectivity index (χ3n) is 4.33. The average Bonchev–Trinajstić information content (AvgIpc) is 3.32. The molecule has 0 unspecified atom stereocenters. The summed E-state index contributed by atoms with van der Waals surface area (Å²) in [5.74, 6) is 2.26. The number of nitrogens with zero attached hydrogens (tertiary/aromatic N) is 3. The molecule has 0 N–H and O–H groups in total. The molecule has 3 heterocycles. The number of hydrogen-bond donors (Lipinski definition) is 0. The molecule has 1 aliphatic rings. The number of rotatable bonds is 4. The van der Waals surface area contributed by atoms with Crippen molar-refractivity contribution in [2.75, 3.05) is 6.79 Å². The summed E-state index contributed by atoms with van der Waals surface area (Å²) >= 11 is 9.22. The largest absolute Gasteiger partial charge is 0.454 e.